The number of rotatable bonds is 7. The van der Waals surface area contributed by atoms with Gasteiger partial charge in [-0.1, -0.05) is 24.3 Å². The van der Waals surface area contributed by atoms with Gasteiger partial charge in [0.1, 0.15) is 0 Å². The van der Waals surface area contributed by atoms with Gasteiger partial charge < -0.3 is 24.6 Å². The monoisotopic (exact) mass is 570 g/mol. The summed E-state index contributed by atoms with van der Waals surface area (Å²) in [5, 5.41) is 3.45. The van der Waals surface area contributed by atoms with Crippen LogP contribution >= 0.6 is 24.0 Å². The first-order valence-electron chi connectivity index (χ1n) is 12.3. The first kappa shape index (κ1) is 26.2. The van der Waals surface area contributed by atoms with Gasteiger partial charge in [-0.05, 0) is 49.7 Å². The molecule has 0 aromatic heterocycles. The van der Waals surface area contributed by atoms with E-state index in [-0.39, 0.29) is 29.9 Å². The second kappa shape index (κ2) is 13.5. The van der Waals surface area contributed by atoms with Crippen molar-refractivity contribution >= 4 is 35.8 Å². The van der Waals surface area contributed by atoms with Gasteiger partial charge in [0.05, 0.1) is 18.8 Å². The number of guanidine groups is 1. The SMILES string of the molecule is CN=C(NCCCC(=O)N1CCc2ccccc2C1)N1CCC(OCC2CCCO2)CC1.I. The zero-order chi connectivity index (χ0) is 22.2. The minimum atomic E-state index is 0. The fourth-order valence-corrected chi connectivity index (χ4v) is 4.89. The lowest BCUT2D eigenvalue weighted by molar-refractivity contribution is -0.132. The van der Waals surface area contributed by atoms with Gasteiger partial charge >= 0.3 is 0 Å². The molecular weight excluding hydrogens is 531 g/mol. The van der Waals surface area contributed by atoms with Gasteiger partial charge in [-0.2, -0.15) is 0 Å². The van der Waals surface area contributed by atoms with Crippen molar-refractivity contribution in [2.24, 2.45) is 4.99 Å². The molecule has 2 saturated heterocycles. The lowest BCUT2D eigenvalue weighted by atomic mass is 9.99. The number of nitrogens with one attached hydrogen (secondary N) is 1. The Balaban J connectivity index is 0.00000306. The van der Waals surface area contributed by atoms with Crippen LogP contribution in [0, 0.1) is 0 Å². The van der Waals surface area contributed by atoms with Gasteiger partial charge in [0.15, 0.2) is 5.96 Å². The number of benzene rings is 1. The molecule has 0 saturated carbocycles. The smallest absolute Gasteiger partial charge is 0.222 e. The zero-order valence-electron chi connectivity index (χ0n) is 19.8. The topological polar surface area (TPSA) is 66.4 Å². The third-order valence-corrected chi connectivity index (χ3v) is 6.83. The molecule has 1 atom stereocenters. The Morgan fingerprint density at radius 3 is 2.67 bits per heavy atom. The molecule has 0 aliphatic carbocycles. The molecule has 3 aliphatic heterocycles. The lowest BCUT2D eigenvalue weighted by Crippen LogP contribution is -2.47. The number of hydrogen-bond donors (Lipinski definition) is 1. The highest BCUT2D eigenvalue weighted by Crippen LogP contribution is 2.20. The normalized spacial score (nSPS) is 21.5. The third-order valence-electron chi connectivity index (χ3n) is 6.83. The highest BCUT2D eigenvalue weighted by molar-refractivity contribution is 14.0. The van der Waals surface area contributed by atoms with E-state index in [2.05, 4.69) is 39.5 Å². The van der Waals surface area contributed by atoms with Crippen molar-refractivity contribution in [3.63, 3.8) is 0 Å². The maximum absolute atomic E-state index is 12.7. The van der Waals surface area contributed by atoms with Crippen LogP contribution in [0.3, 0.4) is 0 Å². The molecular formula is C25H39IN4O3. The summed E-state index contributed by atoms with van der Waals surface area (Å²) >= 11 is 0. The molecule has 2 fully saturated rings. The molecule has 0 radical (unpaired) electrons. The maximum Gasteiger partial charge on any atom is 0.222 e. The predicted molar refractivity (Wildman–Crippen MR) is 141 cm³/mol. The quantitative estimate of drug-likeness (QED) is 0.236. The van der Waals surface area contributed by atoms with E-state index in [9.17, 15) is 4.79 Å². The number of halogens is 1. The fourth-order valence-electron chi connectivity index (χ4n) is 4.89. The van der Waals surface area contributed by atoms with Crippen LogP contribution in [-0.4, -0.2) is 80.3 Å². The van der Waals surface area contributed by atoms with E-state index in [1.807, 2.05) is 11.9 Å². The summed E-state index contributed by atoms with van der Waals surface area (Å²) in [4.78, 5) is 21.4. The minimum absolute atomic E-state index is 0. The third kappa shape index (κ3) is 7.55. The molecule has 3 heterocycles. The predicted octanol–water partition coefficient (Wildman–Crippen LogP) is 3.20. The zero-order valence-corrected chi connectivity index (χ0v) is 22.2. The molecule has 7 nitrogen and oxygen atoms in total. The number of aliphatic imine (C=N–C) groups is 1. The van der Waals surface area contributed by atoms with Crippen molar-refractivity contribution in [2.45, 2.75) is 63.7 Å². The summed E-state index contributed by atoms with van der Waals surface area (Å²) in [6.45, 7) is 5.84. The van der Waals surface area contributed by atoms with E-state index in [1.165, 1.54) is 11.1 Å². The minimum Gasteiger partial charge on any atom is -0.376 e. The lowest BCUT2D eigenvalue weighted by Gasteiger charge is -2.34. The van der Waals surface area contributed by atoms with Crippen molar-refractivity contribution in [1.82, 2.24) is 15.1 Å². The van der Waals surface area contributed by atoms with Crippen LogP contribution in [0.5, 0.6) is 0 Å². The Kier molecular flexibility index (Phi) is 10.7. The highest BCUT2D eigenvalue weighted by Gasteiger charge is 2.24. The molecule has 3 aliphatic rings. The Labute approximate surface area is 215 Å². The van der Waals surface area contributed by atoms with Gasteiger partial charge in [0.25, 0.3) is 0 Å². The van der Waals surface area contributed by atoms with Crippen LogP contribution in [-0.2, 0) is 27.2 Å². The molecule has 1 amide bonds. The van der Waals surface area contributed by atoms with Crippen molar-refractivity contribution < 1.29 is 14.3 Å². The van der Waals surface area contributed by atoms with Crippen LogP contribution < -0.4 is 5.32 Å². The van der Waals surface area contributed by atoms with Crippen LogP contribution in [0.25, 0.3) is 0 Å². The largest absolute Gasteiger partial charge is 0.376 e. The molecule has 1 aromatic carbocycles. The summed E-state index contributed by atoms with van der Waals surface area (Å²) in [5.41, 5.74) is 2.66. The van der Waals surface area contributed by atoms with E-state index in [1.54, 1.807) is 0 Å². The average molecular weight is 571 g/mol. The summed E-state index contributed by atoms with van der Waals surface area (Å²) < 4.78 is 11.7. The number of likely N-dealkylation sites (tertiary alicyclic amines) is 1. The van der Waals surface area contributed by atoms with Crippen molar-refractivity contribution in [2.75, 3.05) is 46.4 Å². The molecule has 4 rings (SSSR count). The van der Waals surface area contributed by atoms with Crippen LogP contribution in [0.2, 0.25) is 0 Å². The van der Waals surface area contributed by atoms with E-state index in [4.69, 9.17) is 9.47 Å². The first-order chi connectivity index (χ1) is 15.7. The molecule has 8 heteroatoms. The summed E-state index contributed by atoms with van der Waals surface area (Å²) in [6.07, 6.45) is 7.29. The standard InChI is InChI=1S/C25H38N4O3.HI/c1-26-25(28-15-11-22(12-16-28)32-19-23-8-5-17-31-23)27-13-4-9-24(30)29-14-10-20-6-2-3-7-21(20)18-29;/h2-3,6-7,22-23H,4-5,8-19H2,1H3,(H,26,27);1H. The maximum atomic E-state index is 12.7. The Bertz CT molecular complexity index is 777. The molecule has 184 valence electrons. The van der Waals surface area contributed by atoms with Crippen LogP contribution in [0.4, 0.5) is 0 Å². The molecule has 0 spiro atoms. The van der Waals surface area contributed by atoms with E-state index in [0.717, 1.165) is 90.4 Å². The summed E-state index contributed by atoms with van der Waals surface area (Å²) in [5.74, 6) is 1.18. The molecule has 33 heavy (non-hydrogen) atoms. The van der Waals surface area contributed by atoms with E-state index >= 15 is 0 Å². The van der Waals surface area contributed by atoms with Crippen LogP contribution in [0.15, 0.2) is 29.3 Å². The highest BCUT2D eigenvalue weighted by atomic mass is 127. The van der Waals surface area contributed by atoms with Gasteiger partial charge in [0.2, 0.25) is 5.91 Å². The van der Waals surface area contributed by atoms with E-state index in [0.29, 0.717) is 18.6 Å². The van der Waals surface area contributed by atoms with Crippen molar-refractivity contribution in [3.8, 4) is 0 Å². The fraction of sp³-hybridized carbons (Fsp3) is 0.680. The number of ether oxygens (including phenoxy) is 2. The van der Waals surface area contributed by atoms with Gasteiger partial charge in [-0.15, -0.1) is 24.0 Å². The van der Waals surface area contributed by atoms with E-state index < -0.39 is 0 Å². The van der Waals surface area contributed by atoms with Gasteiger partial charge in [0, 0.05) is 52.8 Å². The number of amides is 1. The number of hydrogen-bond acceptors (Lipinski definition) is 4. The van der Waals surface area contributed by atoms with Crippen LogP contribution in [0.1, 0.15) is 49.7 Å². The van der Waals surface area contributed by atoms with Crippen molar-refractivity contribution in [3.05, 3.63) is 35.4 Å². The van der Waals surface area contributed by atoms with Gasteiger partial charge in [-0.3, -0.25) is 9.79 Å². The molecule has 0 bridgehead atoms. The second-order valence-corrected chi connectivity index (χ2v) is 9.07. The Morgan fingerprint density at radius 1 is 1.15 bits per heavy atom. The Morgan fingerprint density at radius 2 is 1.94 bits per heavy atom. The number of nitrogens with zero attached hydrogens (tertiary/aromatic N) is 3. The number of fused-ring (bicyclic) bond motifs is 1. The van der Waals surface area contributed by atoms with Gasteiger partial charge in [-0.25, -0.2) is 0 Å². The number of piperidine rings is 1. The molecule has 1 N–H and O–H groups in total. The Hall–Kier alpha value is -1.39. The van der Waals surface area contributed by atoms with Crippen molar-refractivity contribution in [1.29, 1.82) is 0 Å². The first-order valence-corrected chi connectivity index (χ1v) is 12.3. The number of carbonyl (C=O) groups is 1. The number of carbonyl (C=O) groups excluding carboxylic acids is 1. The second-order valence-electron chi connectivity index (χ2n) is 9.07. The average Bonchev–Trinajstić information content (AvgIpc) is 3.36. The molecule has 1 unspecified atom stereocenters. The summed E-state index contributed by atoms with van der Waals surface area (Å²) in [7, 11) is 1.83. The summed E-state index contributed by atoms with van der Waals surface area (Å²) in [6, 6.07) is 8.44. The molecule has 1 aromatic rings.